The molecule has 0 saturated heterocycles. The molecule has 0 aliphatic carbocycles. The maximum absolute atomic E-state index is 11.2. The number of quaternary nitrogens is 1. The summed E-state index contributed by atoms with van der Waals surface area (Å²) in [5, 5.41) is 0. The van der Waals surface area contributed by atoms with Crippen LogP contribution in [0.25, 0.3) is 0 Å². The van der Waals surface area contributed by atoms with E-state index in [2.05, 4.69) is 5.73 Å². The van der Waals surface area contributed by atoms with Crippen molar-refractivity contribution >= 4 is 17.4 Å². The van der Waals surface area contributed by atoms with Crippen molar-refractivity contribution in [1.29, 1.82) is 0 Å². The topological polar surface area (TPSA) is 71.0 Å². The first-order chi connectivity index (χ1) is 6.50. The number of carbonyl (C=O) groups is 2. The lowest BCUT2D eigenvalue weighted by molar-refractivity contribution is -0.254. The highest BCUT2D eigenvalue weighted by Gasteiger charge is 2.11. The molecule has 74 valence electrons. The molecular weight excluding hydrogens is 182 g/mol. The molecular formula is C10H12NO3+. The van der Waals surface area contributed by atoms with Gasteiger partial charge in [-0.25, -0.2) is 0 Å². The summed E-state index contributed by atoms with van der Waals surface area (Å²) in [4.78, 5) is 21.9. The molecule has 0 unspecified atom stereocenters. The fraction of sp³-hybridized carbons (Fsp3) is 0.200. The highest BCUT2D eigenvalue weighted by Crippen LogP contribution is 2.21. The first-order valence-electron chi connectivity index (χ1n) is 4.16. The predicted molar refractivity (Wildman–Crippen MR) is 50.3 cm³/mol. The molecule has 4 nitrogen and oxygen atoms in total. The number of Topliss-reactive ketones (excluding diaryl/α,β-unsaturated/α-hetero) is 1. The van der Waals surface area contributed by atoms with Gasteiger partial charge in [0.05, 0.1) is 5.56 Å². The van der Waals surface area contributed by atoms with Crippen molar-refractivity contribution in [2.75, 3.05) is 0 Å². The summed E-state index contributed by atoms with van der Waals surface area (Å²) >= 11 is 0. The maximum Gasteiger partial charge on any atom is 0.308 e. The second-order valence-corrected chi connectivity index (χ2v) is 2.98. The summed E-state index contributed by atoms with van der Waals surface area (Å²) in [5.74, 6) is -0.298. The normalized spacial score (nSPS) is 9.64. The van der Waals surface area contributed by atoms with E-state index in [1.165, 1.54) is 13.8 Å². The first kappa shape index (κ1) is 10.4. The van der Waals surface area contributed by atoms with Crippen LogP contribution in [0.3, 0.4) is 0 Å². The summed E-state index contributed by atoms with van der Waals surface area (Å²) in [7, 11) is 0. The Bertz CT molecular complexity index is 385. The Hall–Kier alpha value is -1.68. The minimum atomic E-state index is -0.440. The average molecular weight is 194 g/mol. The van der Waals surface area contributed by atoms with Crippen LogP contribution in [0.5, 0.6) is 5.75 Å². The van der Waals surface area contributed by atoms with Crippen molar-refractivity contribution in [1.82, 2.24) is 0 Å². The Labute approximate surface area is 81.7 Å². The Morgan fingerprint density at radius 3 is 2.43 bits per heavy atom. The zero-order chi connectivity index (χ0) is 10.7. The molecule has 4 heteroatoms. The smallest absolute Gasteiger partial charge is 0.308 e. The van der Waals surface area contributed by atoms with Crippen LogP contribution in [0.4, 0.5) is 5.69 Å². The molecule has 3 N–H and O–H groups in total. The molecule has 1 aromatic carbocycles. The van der Waals surface area contributed by atoms with Gasteiger partial charge in [-0.2, -0.15) is 0 Å². The number of benzene rings is 1. The van der Waals surface area contributed by atoms with Gasteiger partial charge >= 0.3 is 5.97 Å². The predicted octanol–water partition coefficient (Wildman–Crippen LogP) is 0.688. The zero-order valence-electron chi connectivity index (χ0n) is 8.16. The van der Waals surface area contributed by atoms with Crippen molar-refractivity contribution in [3.8, 4) is 5.75 Å². The molecule has 0 amide bonds. The number of rotatable bonds is 2. The molecule has 0 aliphatic heterocycles. The zero-order valence-corrected chi connectivity index (χ0v) is 8.16. The van der Waals surface area contributed by atoms with Crippen molar-refractivity contribution in [3.63, 3.8) is 0 Å². The van der Waals surface area contributed by atoms with Gasteiger partial charge in [0.15, 0.2) is 5.78 Å². The van der Waals surface area contributed by atoms with E-state index in [1.807, 2.05) is 0 Å². The number of ketones is 1. The van der Waals surface area contributed by atoms with Gasteiger partial charge in [0.1, 0.15) is 11.4 Å². The maximum atomic E-state index is 11.2. The standard InChI is InChI=1S/C10H11NO3/c1-6(12)9-5-8(11)3-4-10(9)14-7(2)13/h3-5H,11H2,1-2H3/p+1. The third kappa shape index (κ3) is 2.40. The molecule has 0 aromatic heterocycles. The first-order valence-corrected chi connectivity index (χ1v) is 4.16. The summed E-state index contributed by atoms with van der Waals surface area (Å²) < 4.78 is 4.87. The number of hydrogen-bond acceptors (Lipinski definition) is 3. The molecule has 1 aromatic rings. The van der Waals surface area contributed by atoms with Gasteiger partial charge in [-0.1, -0.05) is 0 Å². The molecule has 0 radical (unpaired) electrons. The molecule has 0 atom stereocenters. The van der Waals surface area contributed by atoms with Crippen LogP contribution in [0.15, 0.2) is 18.2 Å². The molecule has 1 rings (SSSR count). The van der Waals surface area contributed by atoms with Crippen LogP contribution in [-0.2, 0) is 4.79 Å². The monoisotopic (exact) mass is 194 g/mol. The molecule has 0 aliphatic rings. The van der Waals surface area contributed by atoms with E-state index in [1.54, 1.807) is 18.2 Å². The second kappa shape index (κ2) is 4.02. The van der Waals surface area contributed by atoms with Gasteiger partial charge in [-0.05, 0) is 13.0 Å². The minimum Gasteiger partial charge on any atom is -0.426 e. The molecule has 0 heterocycles. The number of ether oxygens (including phenoxy) is 1. The number of hydrogen-bond donors (Lipinski definition) is 1. The van der Waals surface area contributed by atoms with Gasteiger partial charge in [0.25, 0.3) is 0 Å². The van der Waals surface area contributed by atoms with Gasteiger partial charge in [0.2, 0.25) is 0 Å². The summed E-state index contributed by atoms with van der Waals surface area (Å²) in [6.45, 7) is 2.71. The number of carbonyl (C=O) groups excluding carboxylic acids is 2. The highest BCUT2D eigenvalue weighted by molar-refractivity contribution is 5.98. The van der Waals surface area contributed by atoms with Gasteiger partial charge in [-0.15, -0.1) is 0 Å². The fourth-order valence-electron chi connectivity index (χ4n) is 1.10. The molecule has 0 fully saturated rings. The Balaban J connectivity index is 3.14. The van der Waals surface area contributed by atoms with E-state index >= 15 is 0 Å². The lowest BCUT2D eigenvalue weighted by Crippen LogP contribution is -2.40. The minimum absolute atomic E-state index is 0.147. The van der Waals surface area contributed by atoms with Crippen molar-refractivity contribution in [2.24, 2.45) is 0 Å². The summed E-state index contributed by atoms with van der Waals surface area (Å²) in [6, 6.07) is 4.85. The van der Waals surface area contributed by atoms with E-state index in [0.29, 0.717) is 11.3 Å². The number of esters is 1. The van der Waals surface area contributed by atoms with Crippen LogP contribution < -0.4 is 10.5 Å². The summed E-state index contributed by atoms with van der Waals surface area (Å²) in [5.41, 5.74) is 4.79. The SMILES string of the molecule is CC(=O)Oc1ccc([NH3+])cc1C(C)=O. The van der Waals surface area contributed by atoms with Crippen molar-refractivity contribution in [2.45, 2.75) is 13.8 Å². The fourth-order valence-corrected chi connectivity index (χ4v) is 1.10. The largest absolute Gasteiger partial charge is 0.426 e. The Morgan fingerprint density at radius 1 is 1.29 bits per heavy atom. The van der Waals surface area contributed by atoms with Gasteiger partial charge in [0, 0.05) is 19.1 Å². The highest BCUT2D eigenvalue weighted by atomic mass is 16.5. The lowest BCUT2D eigenvalue weighted by Gasteiger charge is -2.05. The quantitative estimate of drug-likeness (QED) is 0.427. The van der Waals surface area contributed by atoms with Crippen LogP contribution in [0.1, 0.15) is 24.2 Å². The van der Waals surface area contributed by atoms with Gasteiger partial charge in [-0.3, -0.25) is 9.59 Å². The van der Waals surface area contributed by atoms with Crippen LogP contribution in [-0.4, -0.2) is 11.8 Å². The Morgan fingerprint density at radius 2 is 1.93 bits per heavy atom. The Kier molecular flexibility index (Phi) is 2.99. The molecule has 14 heavy (non-hydrogen) atoms. The molecule has 0 spiro atoms. The van der Waals surface area contributed by atoms with E-state index in [0.717, 1.165) is 0 Å². The van der Waals surface area contributed by atoms with Crippen LogP contribution in [0.2, 0.25) is 0 Å². The summed E-state index contributed by atoms with van der Waals surface area (Å²) in [6.07, 6.45) is 0. The average Bonchev–Trinajstić information content (AvgIpc) is 2.07. The second-order valence-electron chi connectivity index (χ2n) is 2.98. The lowest BCUT2D eigenvalue weighted by atomic mass is 10.1. The van der Waals surface area contributed by atoms with Gasteiger partial charge < -0.3 is 10.5 Å². The van der Waals surface area contributed by atoms with E-state index < -0.39 is 5.97 Å². The van der Waals surface area contributed by atoms with E-state index in [9.17, 15) is 9.59 Å². The van der Waals surface area contributed by atoms with Crippen LogP contribution >= 0.6 is 0 Å². The van der Waals surface area contributed by atoms with E-state index in [-0.39, 0.29) is 11.5 Å². The molecule has 0 saturated carbocycles. The van der Waals surface area contributed by atoms with Crippen LogP contribution in [0, 0.1) is 0 Å². The third-order valence-electron chi connectivity index (χ3n) is 1.68. The van der Waals surface area contributed by atoms with E-state index in [4.69, 9.17) is 4.74 Å². The van der Waals surface area contributed by atoms with Crippen molar-refractivity contribution < 1.29 is 20.1 Å². The third-order valence-corrected chi connectivity index (χ3v) is 1.68. The van der Waals surface area contributed by atoms with Crippen molar-refractivity contribution in [3.05, 3.63) is 23.8 Å². The molecule has 0 bridgehead atoms.